The summed E-state index contributed by atoms with van der Waals surface area (Å²) in [6.07, 6.45) is 1.32. The predicted molar refractivity (Wildman–Crippen MR) is 176 cm³/mol. The molecule has 4 nitrogen and oxygen atoms in total. The number of rotatable bonds is 10. The van der Waals surface area contributed by atoms with Crippen LogP contribution < -0.4 is 0 Å². The van der Waals surface area contributed by atoms with Gasteiger partial charge >= 0.3 is 5.97 Å². The highest BCUT2D eigenvalue weighted by molar-refractivity contribution is 6.13. The summed E-state index contributed by atoms with van der Waals surface area (Å²) in [5.74, 6) is -0.305. The minimum absolute atomic E-state index is 0.267. The maximum atomic E-state index is 13.9. The molecule has 220 valence electrons. The monoisotopic (exact) mass is 579 g/mol. The number of ether oxygens (including phenoxy) is 2. The molecule has 0 amide bonds. The van der Waals surface area contributed by atoms with Crippen LogP contribution in [0.2, 0.25) is 0 Å². The van der Waals surface area contributed by atoms with Crippen LogP contribution in [0, 0.1) is 0 Å². The molecule has 0 saturated heterocycles. The lowest BCUT2D eigenvalue weighted by Gasteiger charge is -2.38. The van der Waals surface area contributed by atoms with Crippen LogP contribution in [0.5, 0.6) is 0 Å². The van der Waals surface area contributed by atoms with Crippen molar-refractivity contribution in [3.05, 3.63) is 179 Å². The Morgan fingerprint density at radius 1 is 0.682 bits per heavy atom. The minimum atomic E-state index is -1.09. The van der Waals surface area contributed by atoms with Gasteiger partial charge in [0.1, 0.15) is 5.60 Å². The molecule has 5 aromatic carbocycles. The number of hydrogen-bond donors (Lipinski definition) is 0. The van der Waals surface area contributed by atoms with Crippen molar-refractivity contribution < 1.29 is 14.3 Å². The third-order valence-corrected chi connectivity index (χ3v) is 8.41. The largest absolute Gasteiger partial charge is 0.464 e. The maximum Gasteiger partial charge on any atom is 0.334 e. The van der Waals surface area contributed by atoms with Gasteiger partial charge in [-0.15, -0.1) is 0 Å². The average Bonchev–Trinajstić information content (AvgIpc) is 3.52. The Balaban J connectivity index is 1.47. The van der Waals surface area contributed by atoms with E-state index in [4.69, 9.17) is 14.5 Å². The average molecular weight is 580 g/mol. The lowest BCUT2D eigenvalue weighted by molar-refractivity contribution is -0.150. The van der Waals surface area contributed by atoms with Crippen molar-refractivity contribution >= 4 is 11.7 Å². The van der Waals surface area contributed by atoms with E-state index in [9.17, 15) is 4.79 Å². The number of carbonyl (C=O) groups excluding carboxylic acids is 1. The Hall–Kier alpha value is -4.80. The zero-order valence-corrected chi connectivity index (χ0v) is 25.0. The summed E-state index contributed by atoms with van der Waals surface area (Å²) in [6.45, 7) is 2.13. The van der Waals surface area contributed by atoms with Crippen LogP contribution in [0.4, 0.5) is 0 Å². The lowest BCUT2D eigenvalue weighted by atomic mass is 9.80. The molecule has 0 spiro atoms. The van der Waals surface area contributed by atoms with Crippen LogP contribution in [0.25, 0.3) is 0 Å². The third kappa shape index (κ3) is 5.86. The third-order valence-electron chi connectivity index (χ3n) is 8.41. The van der Waals surface area contributed by atoms with Gasteiger partial charge in [0, 0.05) is 17.5 Å². The van der Waals surface area contributed by atoms with Gasteiger partial charge in [0.25, 0.3) is 0 Å². The lowest BCUT2D eigenvalue weighted by Crippen LogP contribution is -2.40. The van der Waals surface area contributed by atoms with Crippen molar-refractivity contribution in [3.63, 3.8) is 0 Å². The molecule has 0 heterocycles. The fourth-order valence-corrected chi connectivity index (χ4v) is 6.35. The second-order valence-corrected chi connectivity index (χ2v) is 11.2. The molecule has 0 aliphatic heterocycles. The van der Waals surface area contributed by atoms with Crippen molar-refractivity contribution in [3.8, 4) is 0 Å². The molecule has 6 rings (SSSR count). The summed E-state index contributed by atoms with van der Waals surface area (Å²) < 4.78 is 13.1. The standard InChI is InChI=1S/C40H37NO3/c1-2-43-38(42)39(41-37(31-18-8-3-9-19-31)32-20-10-4-11-21-32)29-28-36(30-39)44-40(33-22-12-5-13-23-33,34-24-14-6-15-25-34)35-26-16-7-17-27-35/h3-27,36H,2,28-30H2,1H3/t36-,39?/m0/s1. The maximum absolute atomic E-state index is 13.9. The molecule has 0 aromatic heterocycles. The fourth-order valence-electron chi connectivity index (χ4n) is 6.35. The molecule has 5 aromatic rings. The van der Waals surface area contributed by atoms with Crippen LogP contribution >= 0.6 is 0 Å². The summed E-state index contributed by atoms with van der Waals surface area (Å²) >= 11 is 0. The Kier molecular flexibility index (Phi) is 8.81. The van der Waals surface area contributed by atoms with Crippen LogP contribution in [0.15, 0.2) is 157 Å². The van der Waals surface area contributed by atoms with Gasteiger partial charge in [-0.2, -0.15) is 0 Å². The summed E-state index contributed by atoms with van der Waals surface area (Å²) in [5.41, 5.74) is 3.82. The second-order valence-electron chi connectivity index (χ2n) is 11.2. The van der Waals surface area contributed by atoms with Gasteiger partial charge in [-0.1, -0.05) is 152 Å². The smallest absolute Gasteiger partial charge is 0.334 e. The first-order valence-corrected chi connectivity index (χ1v) is 15.4. The highest BCUT2D eigenvalue weighted by Crippen LogP contribution is 2.46. The summed E-state index contributed by atoms with van der Waals surface area (Å²) in [7, 11) is 0. The van der Waals surface area contributed by atoms with Gasteiger partial charge in [0.15, 0.2) is 5.54 Å². The first kappa shape index (κ1) is 29.3. The van der Waals surface area contributed by atoms with Gasteiger partial charge in [0.2, 0.25) is 0 Å². The van der Waals surface area contributed by atoms with E-state index in [-0.39, 0.29) is 18.7 Å². The molecule has 1 aliphatic carbocycles. The molecule has 1 fully saturated rings. The molecule has 1 saturated carbocycles. The van der Waals surface area contributed by atoms with Gasteiger partial charge in [0.05, 0.1) is 18.4 Å². The number of carbonyl (C=O) groups is 1. The highest BCUT2D eigenvalue weighted by Gasteiger charge is 2.50. The zero-order valence-electron chi connectivity index (χ0n) is 25.0. The van der Waals surface area contributed by atoms with E-state index in [2.05, 4.69) is 36.4 Å². The number of esters is 1. The van der Waals surface area contributed by atoms with Crippen LogP contribution in [0.3, 0.4) is 0 Å². The molecule has 1 unspecified atom stereocenters. The van der Waals surface area contributed by atoms with E-state index in [1.807, 2.05) is 122 Å². The Bertz CT molecular complexity index is 1530. The van der Waals surface area contributed by atoms with Crippen molar-refractivity contribution in [2.24, 2.45) is 4.99 Å². The molecule has 44 heavy (non-hydrogen) atoms. The van der Waals surface area contributed by atoms with E-state index in [0.29, 0.717) is 19.3 Å². The van der Waals surface area contributed by atoms with Crippen LogP contribution in [0.1, 0.15) is 54.0 Å². The molecular weight excluding hydrogens is 542 g/mol. The number of aliphatic imine (C=N–C) groups is 1. The highest BCUT2D eigenvalue weighted by atomic mass is 16.5. The van der Waals surface area contributed by atoms with Gasteiger partial charge in [-0.25, -0.2) is 4.79 Å². The SMILES string of the molecule is CCOC(=O)C1(N=C(c2ccccc2)c2ccccc2)CC[C@H](OC(c2ccccc2)(c2ccccc2)c2ccccc2)C1. The normalized spacial score (nSPS) is 18.0. The first-order chi connectivity index (χ1) is 21.6. The summed E-state index contributed by atoms with van der Waals surface area (Å²) in [6, 6.07) is 51.2. The van der Waals surface area contributed by atoms with Crippen LogP contribution in [-0.4, -0.2) is 29.9 Å². The van der Waals surface area contributed by atoms with E-state index in [0.717, 1.165) is 33.5 Å². The molecule has 4 heteroatoms. The predicted octanol–water partition coefficient (Wildman–Crippen LogP) is 8.39. The first-order valence-electron chi connectivity index (χ1n) is 15.4. The Morgan fingerprint density at radius 2 is 1.09 bits per heavy atom. The quantitative estimate of drug-likeness (QED) is 0.0949. The van der Waals surface area contributed by atoms with Crippen molar-refractivity contribution in [2.45, 2.75) is 43.4 Å². The second kappa shape index (κ2) is 13.2. The minimum Gasteiger partial charge on any atom is -0.464 e. The Labute approximate surface area is 260 Å². The zero-order chi connectivity index (χ0) is 30.2. The molecule has 0 N–H and O–H groups in total. The van der Waals surface area contributed by atoms with E-state index < -0.39 is 11.1 Å². The fraction of sp³-hybridized carbons (Fsp3) is 0.200. The molecular formula is C40H37NO3. The van der Waals surface area contributed by atoms with E-state index in [1.54, 1.807) is 0 Å². The van der Waals surface area contributed by atoms with Crippen LogP contribution in [-0.2, 0) is 19.9 Å². The van der Waals surface area contributed by atoms with Gasteiger partial charge in [-0.3, -0.25) is 4.99 Å². The molecule has 1 aliphatic rings. The van der Waals surface area contributed by atoms with Crippen molar-refractivity contribution in [2.75, 3.05) is 6.61 Å². The summed E-state index contributed by atoms with van der Waals surface area (Å²) in [4.78, 5) is 19.2. The van der Waals surface area contributed by atoms with Crippen molar-refractivity contribution in [1.29, 1.82) is 0 Å². The summed E-state index contributed by atoms with van der Waals surface area (Å²) in [5, 5.41) is 0. The van der Waals surface area contributed by atoms with Gasteiger partial charge < -0.3 is 9.47 Å². The topological polar surface area (TPSA) is 47.9 Å². The molecule has 2 atom stereocenters. The number of hydrogen-bond acceptors (Lipinski definition) is 4. The molecule has 0 bridgehead atoms. The Morgan fingerprint density at radius 3 is 1.50 bits per heavy atom. The van der Waals surface area contributed by atoms with Gasteiger partial charge in [-0.05, 0) is 36.5 Å². The number of nitrogens with zero attached hydrogens (tertiary/aromatic N) is 1. The van der Waals surface area contributed by atoms with Crippen molar-refractivity contribution in [1.82, 2.24) is 0 Å². The van der Waals surface area contributed by atoms with E-state index >= 15 is 0 Å². The molecule has 0 radical (unpaired) electrons. The van der Waals surface area contributed by atoms with E-state index in [1.165, 1.54) is 0 Å². The number of benzene rings is 5.